The molecule has 4 rings (SSSR count). The highest BCUT2D eigenvalue weighted by atomic mass is 35.5. The van der Waals surface area contributed by atoms with Gasteiger partial charge >= 0.3 is 0 Å². The number of ether oxygens (including phenoxy) is 1. The van der Waals surface area contributed by atoms with Crippen molar-refractivity contribution in [3.8, 4) is 0 Å². The number of hydrogen-bond donors (Lipinski definition) is 2. The van der Waals surface area contributed by atoms with Gasteiger partial charge in [0.2, 0.25) is 18.2 Å². The van der Waals surface area contributed by atoms with Crippen LogP contribution in [0.4, 0.5) is 15.8 Å². The van der Waals surface area contributed by atoms with Crippen LogP contribution in [-0.4, -0.2) is 49.4 Å². The smallest absolute Gasteiger partial charge is 0.222 e. The van der Waals surface area contributed by atoms with Crippen molar-refractivity contribution in [1.29, 1.82) is 0 Å². The van der Waals surface area contributed by atoms with Gasteiger partial charge in [-0.15, -0.1) is 0 Å². The predicted molar refractivity (Wildman–Crippen MR) is 109 cm³/mol. The summed E-state index contributed by atoms with van der Waals surface area (Å²) in [5.41, 5.74) is 7.54. The SMILES string of the molecule is NC1=NC(Nc2cccc(Cl)c2)N(c2ccc(F)cc2)C(N2CCOCC2)=N1. The third kappa shape index (κ3) is 4.02. The van der Waals surface area contributed by atoms with E-state index in [1.54, 1.807) is 24.3 Å². The number of guanidine groups is 2. The van der Waals surface area contributed by atoms with Crippen LogP contribution < -0.4 is 16.0 Å². The molecule has 0 radical (unpaired) electrons. The predicted octanol–water partition coefficient (Wildman–Crippen LogP) is 2.70. The molecule has 2 aliphatic heterocycles. The third-order valence-electron chi connectivity index (χ3n) is 4.45. The Morgan fingerprint density at radius 2 is 1.89 bits per heavy atom. The number of rotatable bonds is 3. The number of nitrogens with zero attached hydrogens (tertiary/aromatic N) is 4. The average Bonchev–Trinajstić information content (AvgIpc) is 2.69. The molecule has 146 valence electrons. The first-order chi connectivity index (χ1) is 13.6. The Balaban J connectivity index is 1.72. The van der Waals surface area contributed by atoms with Gasteiger partial charge in [0.1, 0.15) is 5.82 Å². The van der Waals surface area contributed by atoms with Crippen molar-refractivity contribution in [2.75, 3.05) is 36.5 Å². The number of halogens is 2. The number of anilines is 2. The van der Waals surface area contributed by atoms with E-state index in [-0.39, 0.29) is 11.8 Å². The van der Waals surface area contributed by atoms with Crippen LogP contribution in [0.2, 0.25) is 5.02 Å². The third-order valence-corrected chi connectivity index (χ3v) is 4.68. The van der Waals surface area contributed by atoms with Gasteiger partial charge in [0.15, 0.2) is 0 Å². The molecule has 0 aliphatic carbocycles. The molecule has 1 unspecified atom stereocenters. The summed E-state index contributed by atoms with van der Waals surface area (Å²) in [6, 6.07) is 13.5. The van der Waals surface area contributed by atoms with E-state index >= 15 is 0 Å². The molecule has 3 N–H and O–H groups in total. The lowest BCUT2D eigenvalue weighted by Gasteiger charge is -2.41. The van der Waals surface area contributed by atoms with Crippen LogP contribution in [0.5, 0.6) is 0 Å². The van der Waals surface area contributed by atoms with E-state index in [4.69, 9.17) is 22.1 Å². The second-order valence-electron chi connectivity index (χ2n) is 6.37. The maximum atomic E-state index is 13.5. The summed E-state index contributed by atoms with van der Waals surface area (Å²) < 4.78 is 19.0. The van der Waals surface area contributed by atoms with E-state index in [0.717, 1.165) is 11.4 Å². The van der Waals surface area contributed by atoms with Crippen molar-refractivity contribution < 1.29 is 9.13 Å². The number of nitrogens with two attached hydrogens (primary N) is 1. The molecule has 0 spiro atoms. The fraction of sp³-hybridized carbons (Fsp3) is 0.263. The largest absolute Gasteiger partial charge is 0.378 e. The number of hydrogen-bond acceptors (Lipinski definition) is 7. The lowest BCUT2D eigenvalue weighted by molar-refractivity contribution is 0.0671. The maximum absolute atomic E-state index is 13.5. The number of aliphatic imine (C=N–C) groups is 2. The zero-order valence-corrected chi connectivity index (χ0v) is 15.8. The first-order valence-corrected chi connectivity index (χ1v) is 9.29. The topological polar surface area (TPSA) is 78.5 Å². The summed E-state index contributed by atoms with van der Waals surface area (Å²) in [6.45, 7) is 2.54. The molecular weight excluding hydrogens is 383 g/mol. The molecule has 9 heteroatoms. The van der Waals surface area contributed by atoms with Crippen LogP contribution in [0.25, 0.3) is 0 Å². The van der Waals surface area contributed by atoms with Gasteiger partial charge in [-0.1, -0.05) is 17.7 Å². The fourth-order valence-corrected chi connectivity index (χ4v) is 3.34. The molecule has 28 heavy (non-hydrogen) atoms. The summed E-state index contributed by atoms with van der Waals surface area (Å²) in [5.74, 6) is 0.495. The van der Waals surface area contributed by atoms with E-state index < -0.39 is 6.29 Å². The van der Waals surface area contributed by atoms with Crippen LogP contribution in [0, 0.1) is 5.82 Å². The molecule has 2 aliphatic rings. The monoisotopic (exact) mass is 402 g/mol. The second-order valence-corrected chi connectivity index (χ2v) is 6.81. The van der Waals surface area contributed by atoms with Crippen LogP contribution in [-0.2, 0) is 4.74 Å². The minimum Gasteiger partial charge on any atom is -0.378 e. The summed E-state index contributed by atoms with van der Waals surface area (Å²) in [6.07, 6.45) is -0.570. The molecule has 7 nitrogen and oxygen atoms in total. The minimum atomic E-state index is -0.570. The van der Waals surface area contributed by atoms with E-state index in [1.807, 2.05) is 17.0 Å². The van der Waals surface area contributed by atoms with E-state index in [0.29, 0.717) is 37.3 Å². The molecule has 0 amide bonds. The first-order valence-electron chi connectivity index (χ1n) is 8.92. The maximum Gasteiger partial charge on any atom is 0.222 e. The van der Waals surface area contributed by atoms with Gasteiger partial charge in [-0.05, 0) is 42.5 Å². The standard InChI is InChI=1S/C19H20ClFN6O/c20-13-2-1-3-15(12-13)23-18-24-17(22)25-19(26-8-10-28-11-9-26)27(18)16-6-4-14(21)5-7-16/h1-7,12,18,23H,8-11H2,(H2,22,24). The van der Waals surface area contributed by atoms with Crippen LogP contribution >= 0.6 is 11.6 Å². The summed E-state index contributed by atoms with van der Waals surface area (Å²) >= 11 is 6.11. The summed E-state index contributed by atoms with van der Waals surface area (Å²) in [5, 5.41) is 3.93. The van der Waals surface area contributed by atoms with E-state index in [1.165, 1.54) is 12.1 Å². The van der Waals surface area contributed by atoms with Gasteiger partial charge in [-0.25, -0.2) is 9.38 Å². The van der Waals surface area contributed by atoms with Crippen molar-refractivity contribution >= 4 is 34.9 Å². The Bertz CT molecular complexity index is 898. The van der Waals surface area contributed by atoms with Crippen molar-refractivity contribution in [2.45, 2.75) is 6.29 Å². The molecule has 0 aromatic heterocycles. The van der Waals surface area contributed by atoms with Gasteiger partial charge in [0.25, 0.3) is 0 Å². The van der Waals surface area contributed by atoms with Crippen LogP contribution in [0.1, 0.15) is 0 Å². The molecule has 2 aromatic rings. The Hall–Kier alpha value is -2.84. The minimum absolute atomic E-state index is 0.166. The van der Waals surface area contributed by atoms with Crippen molar-refractivity contribution in [1.82, 2.24) is 4.90 Å². The quantitative estimate of drug-likeness (QED) is 0.825. The summed E-state index contributed by atoms with van der Waals surface area (Å²) in [4.78, 5) is 12.9. The van der Waals surface area contributed by atoms with Crippen LogP contribution in [0.15, 0.2) is 58.5 Å². The molecule has 1 atom stereocenters. The summed E-state index contributed by atoms with van der Waals surface area (Å²) in [7, 11) is 0. The van der Waals surface area contributed by atoms with Gasteiger partial charge in [-0.2, -0.15) is 4.99 Å². The molecule has 1 fully saturated rings. The van der Waals surface area contributed by atoms with Crippen molar-refractivity contribution in [3.05, 3.63) is 59.4 Å². The molecule has 2 heterocycles. The zero-order chi connectivity index (χ0) is 19.5. The fourth-order valence-electron chi connectivity index (χ4n) is 3.15. The van der Waals surface area contributed by atoms with Gasteiger partial charge in [0.05, 0.1) is 13.2 Å². The molecule has 1 saturated heterocycles. The van der Waals surface area contributed by atoms with Crippen molar-refractivity contribution in [2.24, 2.45) is 15.7 Å². The lowest BCUT2D eigenvalue weighted by Crippen LogP contribution is -2.57. The molecular formula is C19H20ClFN6O. The highest BCUT2D eigenvalue weighted by Gasteiger charge is 2.32. The highest BCUT2D eigenvalue weighted by Crippen LogP contribution is 2.25. The Labute approximate surface area is 167 Å². The number of morpholine rings is 1. The van der Waals surface area contributed by atoms with Gasteiger partial charge in [0, 0.05) is 29.5 Å². The van der Waals surface area contributed by atoms with Gasteiger partial charge in [-0.3, -0.25) is 4.90 Å². The average molecular weight is 403 g/mol. The molecule has 0 bridgehead atoms. The van der Waals surface area contributed by atoms with Crippen molar-refractivity contribution in [3.63, 3.8) is 0 Å². The lowest BCUT2D eigenvalue weighted by atomic mass is 10.2. The first kappa shape index (κ1) is 18.5. The molecule has 0 saturated carbocycles. The van der Waals surface area contributed by atoms with Gasteiger partial charge < -0.3 is 20.7 Å². The molecule has 2 aromatic carbocycles. The van der Waals surface area contributed by atoms with E-state index in [9.17, 15) is 4.39 Å². The Kier molecular flexibility index (Phi) is 5.31. The van der Waals surface area contributed by atoms with E-state index in [2.05, 4.69) is 20.2 Å². The zero-order valence-electron chi connectivity index (χ0n) is 15.1. The normalized spacial score (nSPS) is 19.9. The van der Waals surface area contributed by atoms with Crippen LogP contribution in [0.3, 0.4) is 0 Å². The number of benzene rings is 2. The Morgan fingerprint density at radius 1 is 1.14 bits per heavy atom. The Morgan fingerprint density at radius 3 is 2.61 bits per heavy atom. The second kappa shape index (κ2) is 8.04. The number of nitrogens with one attached hydrogen (secondary N) is 1. The highest BCUT2D eigenvalue weighted by molar-refractivity contribution is 6.30.